The molecule has 0 saturated heterocycles. The average molecular weight is 380 g/mol. The van der Waals surface area contributed by atoms with E-state index in [-0.39, 0.29) is 11.8 Å². The van der Waals surface area contributed by atoms with E-state index < -0.39 is 0 Å². The largest absolute Gasteiger partial charge is 0.325 e. The van der Waals surface area contributed by atoms with Gasteiger partial charge in [0, 0.05) is 11.6 Å². The Labute approximate surface area is 171 Å². The van der Waals surface area contributed by atoms with Gasteiger partial charge in [-0.1, -0.05) is 106 Å². The van der Waals surface area contributed by atoms with Crippen LogP contribution in [0.1, 0.15) is 107 Å². The molecule has 1 amide bonds. The van der Waals surface area contributed by atoms with Crippen molar-refractivity contribution in [3.63, 3.8) is 0 Å². The Morgan fingerprint density at radius 2 is 1.37 bits per heavy atom. The second-order valence-electron chi connectivity index (χ2n) is 8.01. The fourth-order valence-electron chi connectivity index (χ4n) is 2.08. The van der Waals surface area contributed by atoms with E-state index in [1.54, 1.807) is 6.08 Å². The van der Waals surface area contributed by atoms with E-state index in [0.29, 0.717) is 0 Å². The van der Waals surface area contributed by atoms with E-state index in [1.165, 1.54) is 32.1 Å². The highest BCUT2D eigenvalue weighted by molar-refractivity contribution is 5.81. The van der Waals surface area contributed by atoms with Crippen LogP contribution in [0.4, 0.5) is 0 Å². The lowest BCUT2D eigenvalue weighted by Gasteiger charge is -2.16. The summed E-state index contributed by atoms with van der Waals surface area (Å²) in [7, 11) is 0. The molecular weight excluding hydrogens is 330 g/mol. The minimum absolute atomic E-state index is 0.0449. The molecule has 0 aromatic rings. The van der Waals surface area contributed by atoms with Gasteiger partial charge >= 0.3 is 0 Å². The Morgan fingerprint density at radius 1 is 0.926 bits per heavy atom. The zero-order valence-electron chi connectivity index (χ0n) is 20.0. The number of carbonyl (C=O) groups excluding carboxylic acids is 1. The Morgan fingerprint density at radius 3 is 1.67 bits per heavy atom. The summed E-state index contributed by atoms with van der Waals surface area (Å²) in [6.45, 7) is 26.5. The maximum atomic E-state index is 12.1. The highest BCUT2D eigenvalue weighted by atomic mass is 16.1. The second kappa shape index (κ2) is 21.0. The monoisotopic (exact) mass is 379 g/mol. The Balaban J connectivity index is -0.000000528. The maximum absolute atomic E-state index is 12.1. The van der Waals surface area contributed by atoms with Gasteiger partial charge in [-0.05, 0) is 37.3 Å². The normalized spacial score (nSPS) is 11.9. The lowest BCUT2D eigenvalue weighted by Crippen LogP contribution is -2.29. The number of unbranched alkanes of at least 4 members (excludes halogenated alkanes) is 4. The zero-order chi connectivity index (χ0) is 21.8. The van der Waals surface area contributed by atoms with Gasteiger partial charge in [0.1, 0.15) is 0 Å². The fraction of sp³-hybridized carbons (Fsp3) is 0.720. The van der Waals surface area contributed by atoms with Gasteiger partial charge in [-0.25, -0.2) is 0 Å². The maximum Gasteiger partial charge on any atom is 0.227 e. The number of hydrogen-bond acceptors (Lipinski definition) is 1. The third-order valence-electron chi connectivity index (χ3n) is 3.77. The molecule has 0 rings (SSSR count). The van der Waals surface area contributed by atoms with Gasteiger partial charge in [-0.2, -0.15) is 0 Å². The van der Waals surface area contributed by atoms with Crippen molar-refractivity contribution in [2.75, 3.05) is 0 Å². The van der Waals surface area contributed by atoms with Crippen molar-refractivity contribution in [1.29, 1.82) is 0 Å². The molecule has 2 heteroatoms. The predicted molar refractivity (Wildman–Crippen MR) is 125 cm³/mol. The van der Waals surface area contributed by atoms with Crippen molar-refractivity contribution in [2.24, 2.45) is 11.8 Å². The van der Waals surface area contributed by atoms with E-state index in [9.17, 15) is 4.79 Å². The summed E-state index contributed by atoms with van der Waals surface area (Å²) in [6.07, 6.45) is 10.2. The standard InChI is InChI=1S/C16H27NO.C5H12.C4H10/c1-7-9-10-11-14(6)16(18)17-15(12(3)4)13(5)8-2;1-3-5-4-2;1-4(2)3/h8,14H,2-3,7,9-11H2,1,4-6H3,(H,17,18);3-5H2,1-2H3;4H,1-3H3/b15-13+;;. The molecule has 0 saturated carbocycles. The van der Waals surface area contributed by atoms with E-state index in [2.05, 4.69) is 60.0 Å². The van der Waals surface area contributed by atoms with Crippen molar-refractivity contribution in [3.05, 3.63) is 36.1 Å². The molecule has 0 spiro atoms. The van der Waals surface area contributed by atoms with Crippen LogP contribution in [0.25, 0.3) is 0 Å². The molecule has 0 fully saturated rings. The topological polar surface area (TPSA) is 29.1 Å². The van der Waals surface area contributed by atoms with Crippen LogP contribution in [-0.4, -0.2) is 5.91 Å². The lowest BCUT2D eigenvalue weighted by molar-refractivity contribution is -0.123. The molecule has 1 N–H and O–H groups in total. The number of rotatable bonds is 10. The molecule has 0 aromatic carbocycles. The van der Waals surface area contributed by atoms with Gasteiger partial charge < -0.3 is 5.32 Å². The first-order valence-electron chi connectivity index (χ1n) is 10.9. The minimum atomic E-state index is 0.0449. The third kappa shape index (κ3) is 22.6. The van der Waals surface area contributed by atoms with Crippen LogP contribution in [-0.2, 0) is 4.79 Å². The summed E-state index contributed by atoms with van der Waals surface area (Å²) in [5.74, 6) is 0.953. The first-order chi connectivity index (χ1) is 12.6. The molecule has 0 aliphatic heterocycles. The van der Waals surface area contributed by atoms with E-state index in [0.717, 1.165) is 35.6 Å². The molecule has 27 heavy (non-hydrogen) atoms. The highest BCUT2D eigenvalue weighted by Gasteiger charge is 2.14. The summed E-state index contributed by atoms with van der Waals surface area (Å²) in [5.41, 5.74) is 2.62. The molecule has 0 radical (unpaired) electrons. The molecule has 0 heterocycles. The quantitative estimate of drug-likeness (QED) is 0.300. The smallest absolute Gasteiger partial charge is 0.227 e. The molecule has 0 aliphatic carbocycles. The molecule has 1 unspecified atom stereocenters. The molecule has 0 aromatic heterocycles. The lowest BCUT2D eigenvalue weighted by atomic mass is 10.0. The van der Waals surface area contributed by atoms with Crippen LogP contribution in [0, 0.1) is 11.8 Å². The average Bonchev–Trinajstić information content (AvgIpc) is 2.59. The molecule has 1 atom stereocenters. The van der Waals surface area contributed by atoms with Crippen molar-refractivity contribution in [1.82, 2.24) is 5.32 Å². The third-order valence-corrected chi connectivity index (χ3v) is 3.77. The SMILES string of the molecule is C=C/C(C)=C(/NC(=O)C(C)CCCCC)C(=C)C.CC(C)C.CCCCC. The molecule has 0 aliphatic rings. The van der Waals surface area contributed by atoms with Crippen LogP contribution < -0.4 is 5.32 Å². The van der Waals surface area contributed by atoms with Gasteiger partial charge in [0.15, 0.2) is 0 Å². The fourth-order valence-corrected chi connectivity index (χ4v) is 2.08. The zero-order valence-corrected chi connectivity index (χ0v) is 20.0. The summed E-state index contributed by atoms with van der Waals surface area (Å²) >= 11 is 0. The van der Waals surface area contributed by atoms with E-state index in [1.807, 2.05) is 20.8 Å². The van der Waals surface area contributed by atoms with Crippen LogP contribution in [0.3, 0.4) is 0 Å². The Kier molecular flexibility index (Phi) is 23.7. The van der Waals surface area contributed by atoms with Gasteiger partial charge in [0.05, 0.1) is 0 Å². The van der Waals surface area contributed by atoms with Crippen molar-refractivity contribution in [3.8, 4) is 0 Å². The number of carbonyl (C=O) groups is 1. The summed E-state index contributed by atoms with van der Waals surface area (Å²) in [6, 6.07) is 0. The molecular formula is C25H49NO. The summed E-state index contributed by atoms with van der Waals surface area (Å²) in [5, 5.41) is 2.96. The molecule has 0 bridgehead atoms. The van der Waals surface area contributed by atoms with Crippen LogP contribution in [0.5, 0.6) is 0 Å². The van der Waals surface area contributed by atoms with Gasteiger partial charge in [-0.3, -0.25) is 4.79 Å². The summed E-state index contributed by atoms with van der Waals surface area (Å²) in [4.78, 5) is 12.1. The van der Waals surface area contributed by atoms with Crippen LogP contribution >= 0.6 is 0 Å². The molecule has 2 nitrogen and oxygen atoms in total. The highest BCUT2D eigenvalue weighted by Crippen LogP contribution is 2.14. The first-order valence-corrected chi connectivity index (χ1v) is 10.9. The van der Waals surface area contributed by atoms with E-state index >= 15 is 0 Å². The second-order valence-corrected chi connectivity index (χ2v) is 8.01. The van der Waals surface area contributed by atoms with Gasteiger partial charge in [-0.15, -0.1) is 0 Å². The van der Waals surface area contributed by atoms with Gasteiger partial charge in [0.2, 0.25) is 5.91 Å². The van der Waals surface area contributed by atoms with Gasteiger partial charge in [0.25, 0.3) is 0 Å². The predicted octanol–water partition coefficient (Wildman–Crippen LogP) is 8.21. The minimum Gasteiger partial charge on any atom is -0.325 e. The van der Waals surface area contributed by atoms with Crippen LogP contribution in [0.2, 0.25) is 0 Å². The van der Waals surface area contributed by atoms with Crippen molar-refractivity contribution in [2.45, 2.75) is 107 Å². The summed E-state index contributed by atoms with van der Waals surface area (Å²) < 4.78 is 0. The number of hydrogen-bond donors (Lipinski definition) is 1. The number of allylic oxidation sites excluding steroid dienone is 3. The Hall–Kier alpha value is -1.31. The van der Waals surface area contributed by atoms with Crippen molar-refractivity contribution < 1.29 is 4.79 Å². The first kappa shape index (κ1) is 30.4. The van der Waals surface area contributed by atoms with Crippen molar-refractivity contribution >= 4 is 5.91 Å². The number of amides is 1. The van der Waals surface area contributed by atoms with Crippen LogP contribution in [0.15, 0.2) is 36.1 Å². The Bertz CT molecular complexity index is 413. The molecule has 160 valence electrons. The number of nitrogens with one attached hydrogen (secondary N) is 1. The van der Waals surface area contributed by atoms with E-state index in [4.69, 9.17) is 0 Å².